The SMILES string of the molecule is CCN(C)C1CCNC1.O=[N+]([O-])c1ccccc1. The largest absolute Gasteiger partial charge is 0.315 e. The third-order valence-corrected chi connectivity index (χ3v) is 3.12. The van der Waals surface area contributed by atoms with Crippen LogP contribution < -0.4 is 5.32 Å². The maximum Gasteiger partial charge on any atom is 0.269 e. The van der Waals surface area contributed by atoms with Gasteiger partial charge in [0.25, 0.3) is 5.69 Å². The molecule has 0 aliphatic carbocycles. The summed E-state index contributed by atoms with van der Waals surface area (Å²) < 4.78 is 0. The molecular formula is C13H21N3O2. The van der Waals surface area contributed by atoms with Crippen LogP contribution in [0, 0.1) is 10.1 Å². The molecule has 1 atom stereocenters. The van der Waals surface area contributed by atoms with Gasteiger partial charge in [-0.1, -0.05) is 25.1 Å². The van der Waals surface area contributed by atoms with Crippen LogP contribution in [0.25, 0.3) is 0 Å². The third-order valence-electron chi connectivity index (χ3n) is 3.12. The van der Waals surface area contributed by atoms with Crippen molar-refractivity contribution < 1.29 is 4.92 Å². The predicted molar refractivity (Wildman–Crippen MR) is 72.7 cm³/mol. The van der Waals surface area contributed by atoms with Crippen LogP contribution in [0.5, 0.6) is 0 Å². The lowest BCUT2D eigenvalue weighted by Crippen LogP contribution is -2.32. The molecule has 1 N–H and O–H groups in total. The highest BCUT2D eigenvalue weighted by Gasteiger charge is 2.16. The molecule has 1 aliphatic rings. The van der Waals surface area contributed by atoms with Crippen LogP contribution in [0.4, 0.5) is 5.69 Å². The van der Waals surface area contributed by atoms with Gasteiger partial charge in [0, 0.05) is 24.7 Å². The maximum atomic E-state index is 10.0. The maximum absolute atomic E-state index is 10.0. The van der Waals surface area contributed by atoms with Gasteiger partial charge in [0.1, 0.15) is 0 Å². The van der Waals surface area contributed by atoms with E-state index in [-0.39, 0.29) is 5.69 Å². The molecule has 0 amide bonds. The zero-order valence-corrected chi connectivity index (χ0v) is 11.0. The lowest BCUT2D eigenvalue weighted by atomic mass is 10.2. The molecule has 0 aromatic heterocycles. The Bertz CT molecular complexity index is 351. The number of para-hydroxylation sites is 1. The van der Waals surface area contributed by atoms with E-state index in [1.54, 1.807) is 18.2 Å². The Morgan fingerprint density at radius 1 is 1.44 bits per heavy atom. The fourth-order valence-corrected chi connectivity index (χ4v) is 1.82. The first-order chi connectivity index (χ1) is 8.65. The fourth-order valence-electron chi connectivity index (χ4n) is 1.82. The van der Waals surface area contributed by atoms with Crippen molar-refractivity contribution in [2.75, 3.05) is 26.7 Å². The predicted octanol–water partition coefficient (Wildman–Crippen LogP) is 1.89. The lowest BCUT2D eigenvalue weighted by molar-refractivity contribution is -0.384. The first kappa shape index (κ1) is 14.6. The number of likely N-dealkylation sites (N-methyl/N-ethyl adjacent to an activating group) is 1. The summed E-state index contributed by atoms with van der Waals surface area (Å²) in [5.74, 6) is 0. The van der Waals surface area contributed by atoms with Crippen molar-refractivity contribution in [1.82, 2.24) is 10.2 Å². The molecule has 1 heterocycles. The minimum Gasteiger partial charge on any atom is -0.315 e. The average Bonchev–Trinajstić information content (AvgIpc) is 2.93. The third kappa shape index (κ3) is 4.81. The van der Waals surface area contributed by atoms with Gasteiger partial charge in [-0.3, -0.25) is 10.1 Å². The first-order valence-electron chi connectivity index (χ1n) is 6.25. The van der Waals surface area contributed by atoms with Crippen molar-refractivity contribution in [3.63, 3.8) is 0 Å². The quantitative estimate of drug-likeness (QED) is 0.658. The summed E-state index contributed by atoms with van der Waals surface area (Å²) in [6.07, 6.45) is 1.32. The second-order valence-corrected chi connectivity index (χ2v) is 4.31. The summed E-state index contributed by atoms with van der Waals surface area (Å²) in [5, 5.41) is 13.4. The summed E-state index contributed by atoms with van der Waals surface area (Å²) >= 11 is 0. The molecule has 100 valence electrons. The zero-order valence-electron chi connectivity index (χ0n) is 11.0. The normalized spacial score (nSPS) is 18.3. The van der Waals surface area contributed by atoms with Crippen LogP contribution >= 0.6 is 0 Å². The molecule has 1 saturated heterocycles. The van der Waals surface area contributed by atoms with Crippen LogP contribution in [0.3, 0.4) is 0 Å². The number of nitrogens with one attached hydrogen (secondary N) is 1. The molecule has 5 nitrogen and oxygen atoms in total. The molecule has 18 heavy (non-hydrogen) atoms. The zero-order chi connectivity index (χ0) is 13.4. The minimum absolute atomic E-state index is 0.137. The summed E-state index contributed by atoms with van der Waals surface area (Å²) in [4.78, 5) is 12.0. The van der Waals surface area contributed by atoms with E-state index < -0.39 is 4.92 Å². The second-order valence-electron chi connectivity index (χ2n) is 4.31. The summed E-state index contributed by atoms with van der Waals surface area (Å²) in [6.45, 7) is 5.77. The second kappa shape index (κ2) is 7.79. The van der Waals surface area contributed by atoms with Gasteiger partial charge < -0.3 is 10.2 Å². The van der Waals surface area contributed by atoms with Gasteiger partial charge in [0.05, 0.1) is 4.92 Å². The van der Waals surface area contributed by atoms with Crippen molar-refractivity contribution in [3.05, 3.63) is 40.4 Å². The first-order valence-corrected chi connectivity index (χ1v) is 6.25. The number of hydrogen-bond donors (Lipinski definition) is 1. The van der Waals surface area contributed by atoms with E-state index in [1.165, 1.54) is 38.2 Å². The Kier molecular flexibility index (Phi) is 6.32. The summed E-state index contributed by atoms with van der Waals surface area (Å²) in [7, 11) is 2.19. The van der Waals surface area contributed by atoms with Crippen LogP contribution in [-0.4, -0.2) is 42.5 Å². The number of rotatable bonds is 3. The number of nitro groups is 1. The van der Waals surface area contributed by atoms with Gasteiger partial charge in [-0.15, -0.1) is 0 Å². The van der Waals surface area contributed by atoms with Crippen LogP contribution in [0.1, 0.15) is 13.3 Å². The van der Waals surface area contributed by atoms with Gasteiger partial charge >= 0.3 is 0 Å². The fraction of sp³-hybridized carbons (Fsp3) is 0.538. The standard InChI is InChI=1S/C7H16N2.C6H5NO2/c1-3-9(2)7-4-5-8-6-7;8-7(9)6-4-2-1-3-5-6/h7-8H,3-6H2,1-2H3;1-5H. The van der Waals surface area contributed by atoms with E-state index in [0.29, 0.717) is 0 Å². The highest BCUT2D eigenvalue weighted by Crippen LogP contribution is 2.06. The van der Waals surface area contributed by atoms with Crippen LogP contribution in [0.15, 0.2) is 30.3 Å². The van der Waals surface area contributed by atoms with E-state index in [9.17, 15) is 10.1 Å². The topological polar surface area (TPSA) is 58.4 Å². The van der Waals surface area contributed by atoms with Gasteiger partial charge in [-0.05, 0) is 26.6 Å². The Balaban J connectivity index is 0.000000180. The number of nitrogens with zero attached hydrogens (tertiary/aromatic N) is 2. The number of hydrogen-bond acceptors (Lipinski definition) is 4. The molecular weight excluding hydrogens is 230 g/mol. The molecule has 1 unspecified atom stereocenters. The minimum atomic E-state index is -0.417. The van der Waals surface area contributed by atoms with Crippen molar-refractivity contribution in [2.45, 2.75) is 19.4 Å². The van der Waals surface area contributed by atoms with Crippen molar-refractivity contribution in [2.24, 2.45) is 0 Å². The van der Waals surface area contributed by atoms with Gasteiger partial charge in [-0.25, -0.2) is 0 Å². The Hall–Kier alpha value is -1.46. The smallest absolute Gasteiger partial charge is 0.269 e. The van der Waals surface area contributed by atoms with E-state index in [4.69, 9.17) is 0 Å². The van der Waals surface area contributed by atoms with E-state index in [2.05, 4.69) is 24.2 Å². The summed E-state index contributed by atoms with van der Waals surface area (Å²) in [5.41, 5.74) is 0.137. The molecule has 0 spiro atoms. The lowest BCUT2D eigenvalue weighted by Gasteiger charge is -2.20. The van der Waals surface area contributed by atoms with Crippen LogP contribution in [-0.2, 0) is 0 Å². The molecule has 5 heteroatoms. The monoisotopic (exact) mass is 251 g/mol. The van der Waals surface area contributed by atoms with Gasteiger partial charge in [-0.2, -0.15) is 0 Å². The molecule has 0 saturated carbocycles. The Morgan fingerprint density at radius 3 is 2.50 bits per heavy atom. The van der Waals surface area contributed by atoms with E-state index >= 15 is 0 Å². The van der Waals surface area contributed by atoms with Crippen molar-refractivity contribution >= 4 is 5.69 Å². The van der Waals surface area contributed by atoms with Gasteiger partial charge in [0.2, 0.25) is 0 Å². The van der Waals surface area contributed by atoms with Crippen molar-refractivity contribution in [1.29, 1.82) is 0 Å². The average molecular weight is 251 g/mol. The summed E-state index contributed by atoms with van der Waals surface area (Å²) in [6, 6.07) is 8.73. The van der Waals surface area contributed by atoms with E-state index in [0.717, 1.165) is 6.04 Å². The van der Waals surface area contributed by atoms with E-state index in [1.807, 2.05) is 0 Å². The molecule has 0 bridgehead atoms. The molecule has 2 rings (SSSR count). The highest BCUT2D eigenvalue weighted by molar-refractivity contribution is 5.27. The number of benzene rings is 1. The highest BCUT2D eigenvalue weighted by atomic mass is 16.6. The Labute approximate surface area is 108 Å². The Morgan fingerprint density at radius 2 is 2.11 bits per heavy atom. The molecule has 0 radical (unpaired) electrons. The number of nitro benzene ring substituents is 1. The van der Waals surface area contributed by atoms with Gasteiger partial charge in [0.15, 0.2) is 0 Å². The molecule has 1 aliphatic heterocycles. The van der Waals surface area contributed by atoms with Crippen LogP contribution in [0.2, 0.25) is 0 Å². The number of non-ortho nitro benzene ring substituents is 1. The van der Waals surface area contributed by atoms with Crippen molar-refractivity contribution in [3.8, 4) is 0 Å². The molecule has 1 fully saturated rings. The molecule has 1 aromatic carbocycles. The molecule has 1 aromatic rings.